The molecular formula is C17H20N2O. The van der Waals surface area contributed by atoms with E-state index >= 15 is 0 Å². The summed E-state index contributed by atoms with van der Waals surface area (Å²) in [6, 6.07) is 14.6. The van der Waals surface area contributed by atoms with Crippen LogP contribution in [0.25, 0.3) is 0 Å². The summed E-state index contributed by atoms with van der Waals surface area (Å²) in [4.78, 5) is 16.8. The summed E-state index contributed by atoms with van der Waals surface area (Å²) >= 11 is 0. The number of nitrogens with zero attached hydrogens (tertiary/aromatic N) is 1. The Labute approximate surface area is 119 Å². The van der Waals surface area contributed by atoms with Crippen LogP contribution in [0.2, 0.25) is 0 Å². The highest BCUT2D eigenvalue weighted by molar-refractivity contribution is 5.24. The molecule has 1 aliphatic rings. The summed E-state index contributed by atoms with van der Waals surface area (Å²) in [7, 11) is 0. The SMILES string of the molecule is Cc1[nH]c(=O)ccc1[C@@H]1CCCN1Cc1ccccc1. The van der Waals surface area contributed by atoms with Gasteiger partial charge >= 0.3 is 0 Å². The Morgan fingerprint density at radius 2 is 2.00 bits per heavy atom. The molecule has 1 fully saturated rings. The van der Waals surface area contributed by atoms with Gasteiger partial charge in [0.05, 0.1) is 0 Å². The zero-order chi connectivity index (χ0) is 13.9. The Balaban J connectivity index is 1.83. The van der Waals surface area contributed by atoms with Gasteiger partial charge in [-0.2, -0.15) is 0 Å². The summed E-state index contributed by atoms with van der Waals surface area (Å²) in [6.07, 6.45) is 2.38. The number of rotatable bonds is 3. The second-order valence-electron chi connectivity index (χ2n) is 5.52. The quantitative estimate of drug-likeness (QED) is 0.929. The fraction of sp³-hybridized carbons (Fsp3) is 0.353. The number of aromatic amines is 1. The first-order chi connectivity index (χ1) is 9.74. The van der Waals surface area contributed by atoms with Gasteiger partial charge in [0.25, 0.3) is 0 Å². The molecule has 1 atom stereocenters. The molecule has 3 rings (SSSR count). The predicted octanol–water partition coefficient (Wildman–Crippen LogP) is 3.02. The van der Waals surface area contributed by atoms with Crippen molar-refractivity contribution in [2.75, 3.05) is 6.54 Å². The molecule has 2 aromatic rings. The maximum atomic E-state index is 11.4. The molecule has 3 heteroatoms. The molecule has 0 amide bonds. The largest absolute Gasteiger partial charge is 0.326 e. The highest BCUT2D eigenvalue weighted by atomic mass is 16.1. The molecule has 104 valence electrons. The van der Waals surface area contributed by atoms with E-state index in [-0.39, 0.29) is 5.56 Å². The molecule has 1 aliphatic heterocycles. The van der Waals surface area contributed by atoms with Crippen LogP contribution in [0.3, 0.4) is 0 Å². The lowest BCUT2D eigenvalue weighted by molar-refractivity contribution is 0.247. The fourth-order valence-corrected chi connectivity index (χ4v) is 3.14. The van der Waals surface area contributed by atoms with Crippen molar-refractivity contribution in [3.63, 3.8) is 0 Å². The van der Waals surface area contributed by atoms with Crippen LogP contribution in [-0.2, 0) is 6.54 Å². The minimum absolute atomic E-state index is 0.0149. The maximum absolute atomic E-state index is 11.4. The van der Waals surface area contributed by atoms with Gasteiger partial charge in [0.2, 0.25) is 5.56 Å². The molecule has 0 saturated carbocycles. The van der Waals surface area contributed by atoms with Crippen LogP contribution in [0.5, 0.6) is 0 Å². The van der Waals surface area contributed by atoms with E-state index in [0.717, 1.165) is 18.8 Å². The molecule has 0 radical (unpaired) electrons. The normalized spacial score (nSPS) is 19.4. The van der Waals surface area contributed by atoms with E-state index < -0.39 is 0 Å². The van der Waals surface area contributed by atoms with Crippen LogP contribution in [0.4, 0.5) is 0 Å². The Morgan fingerprint density at radius 1 is 1.20 bits per heavy atom. The molecule has 2 heterocycles. The van der Waals surface area contributed by atoms with Crippen LogP contribution in [-0.4, -0.2) is 16.4 Å². The number of hydrogen-bond acceptors (Lipinski definition) is 2. The third-order valence-electron chi connectivity index (χ3n) is 4.11. The summed E-state index contributed by atoms with van der Waals surface area (Å²) in [6.45, 7) is 4.10. The Morgan fingerprint density at radius 3 is 2.75 bits per heavy atom. The first-order valence-corrected chi connectivity index (χ1v) is 7.22. The van der Waals surface area contributed by atoms with Gasteiger partial charge in [0.15, 0.2) is 0 Å². The lowest BCUT2D eigenvalue weighted by Crippen LogP contribution is -2.24. The Bertz CT molecular complexity index is 633. The van der Waals surface area contributed by atoms with Gasteiger partial charge in [-0.3, -0.25) is 9.69 Å². The average molecular weight is 268 g/mol. The number of aromatic nitrogens is 1. The van der Waals surface area contributed by atoms with Crippen molar-refractivity contribution in [1.29, 1.82) is 0 Å². The predicted molar refractivity (Wildman–Crippen MR) is 80.6 cm³/mol. The van der Waals surface area contributed by atoms with Gasteiger partial charge in [0, 0.05) is 24.3 Å². The van der Waals surface area contributed by atoms with Crippen molar-refractivity contribution in [2.24, 2.45) is 0 Å². The van der Waals surface area contributed by atoms with Crippen LogP contribution in [0.15, 0.2) is 47.3 Å². The average Bonchev–Trinajstić information content (AvgIpc) is 2.88. The highest BCUT2D eigenvalue weighted by Crippen LogP contribution is 2.33. The molecule has 20 heavy (non-hydrogen) atoms. The molecule has 0 spiro atoms. The van der Waals surface area contributed by atoms with Crippen molar-refractivity contribution >= 4 is 0 Å². The van der Waals surface area contributed by atoms with Gasteiger partial charge in [-0.05, 0) is 37.4 Å². The van der Waals surface area contributed by atoms with Crippen LogP contribution < -0.4 is 5.56 Å². The molecule has 3 nitrogen and oxygen atoms in total. The van der Waals surface area contributed by atoms with Gasteiger partial charge < -0.3 is 4.98 Å². The molecule has 1 saturated heterocycles. The van der Waals surface area contributed by atoms with Crippen LogP contribution in [0, 0.1) is 6.92 Å². The first kappa shape index (κ1) is 13.1. The topological polar surface area (TPSA) is 36.1 Å². The van der Waals surface area contributed by atoms with Gasteiger partial charge in [-0.25, -0.2) is 0 Å². The Hall–Kier alpha value is -1.87. The van der Waals surface area contributed by atoms with Crippen molar-refractivity contribution in [2.45, 2.75) is 32.4 Å². The molecule has 1 aromatic carbocycles. The smallest absolute Gasteiger partial charge is 0.248 e. The zero-order valence-electron chi connectivity index (χ0n) is 11.8. The number of pyridine rings is 1. The maximum Gasteiger partial charge on any atom is 0.248 e. The molecule has 0 unspecified atom stereocenters. The third-order valence-corrected chi connectivity index (χ3v) is 4.11. The van der Waals surface area contributed by atoms with Gasteiger partial charge in [0.1, 0.15) is 0 Å². The first-order valence-electron chi connectivity index (χ1n) is 7.22. The minimum Gasteiger partial charge on any atom is -0.326 e. The van der Waals surface area contributed by atoms with E-state index in [1.807, 2.05) is 13.0 Å². The van der Waals surface area contributed by atoms with E-state index in [9.17, 15) is 4.79 Å². The van der Waals surface area contributed by atoms with Gasteiger partial charge in [-0.1, -0.05) is 36.4 Å². The summed E-state index contributed by atoms with van der Waals surface area (Å²) < 4.78 is 0. The second-order valence-corrected chi connectivity index (χ2v) is 5.52. The van der Waals surface area contributed by atoms with E-state index in [1.165, 1.54) is 24.0 Å². The summed E-state index contributed by atoms with van der Waals surface area (Å²) in [5, 5.41) is 0. The van der Waals surface area contributed by atoms with Crippen molar-refractivity contribution in [1.82, 2.24) is 9.88 Å². The molecule has 1 aromatic heterocycles. The fourth-order valence-electron chi connectivity index (χ4n) is 3.14. The number of aryl methyl sites for hydroxylation is 1. The van der Waals surface area contributed by atoms with Crippen molar-refractivity contribution in [3.05, 3.63) is 69.6 Å². The minimum atomic E-state index is -0.0149. The third kappa shape index (κ3) is 2.68. The molecule has 1 N–H and O–H groups in total. The number of likely N-dealkylation sites (tertiary alicyclic amines) is 1. The van der Waals surface area contributed by atoms with E-state index in [2.05, 4.69) is 40.2 Å². The number of nitrogens with one attached hydrogen (secondary N) is 1. The van der Waals surface area contributed by atoms with Crippen LogP contribution >= 0.6 is 0 Å². The second kappa shape index (κ2) is 5.63. The van der Waals surface area contributed by atoms with E-state index in [1.54, 1.807) is 6.07 Å². The zero-order valence-corrected chi connectivity index (χ0v) is 11.8. The highest BCUT2D eigenvalue weighted by Gasteiger charge is 2.27. The molecule has 0 bridgehead atoms. The van der Waals surface area contributed by atoms with E-state index in [0.29, 0.717) is 6.04 Å². The summed E-state index contributed by atoms with van der Waals surface area (Å²) in [5.41, 5.74) is 3.60. The van der Waals surface area contributed by atoms with Gasteiger partial charge in [-0.15, -0.1) is 0 Å². The molecule has 0 aliphatic carbocycles. The van der Waals surface area contributed by atoms with Crippen LogP contribution in [0.1, 0.15) is 35.7 Å². The number of benzene rings is 1. The lowest BCUT2D eigenvalue weighted by atomic mass is 10.0. The van der Waals surface area contributed by atoms with E-state index in [4.69, 9.17) is 0 Å². The standard InChI is InChI=1S/C17H20N2O/c1-13-15(9-10-17(20)18-13)16-8-5-11-19(16)12-14-6-3-2-4-7-14/h2-4,6-7,9-10,16H,5,8,11-12H2,1H3,(H,18,20)/t16-/m0/s1. The van der Waals surface area contributed by atoms with Crippen molar-refractivity contribution in [3.8, 4) is 0 Å². The summed E-state index contributed by atoms with van der Waals surface area (Å²) in [5.74, 6) is 0. The number of H-pyrrole nitrogens is 1. The number of hydrogen-bond donors (Lipinski definition) is 1. The molecular weight excluding hydrogens is 248 g/mol. The lowest BCUT2D eigenvalue weighted by Gasteiger charge is -2.25. The monoisotopic (exact) mass is 268 g/mol. The Kier molecular flexibility index (Phi) is 3.70. The van der Waals surface area contributed by atoms with Crippen molar-refractivity contribution < 1.29 is 0 Å².